The Balaban J connectivity index is 2.59. The van der Waals surface area contributed by atoms with Crippen molar-refractivity contribution in [3.63, 3.8) is 0 Å². The molecule has 0 radical (unpaired) electrons. The van der Waals surface area contributed by atoms with E-state index in [0.717, 1.165) is 18.6 Å². The fourth-order valence-corrected chi connectivity index (χ4v) is 1.14. The Bertz CT molecular complexity index is 162. The molecule has 2 nitrogen and oxygen atoms in total. The van der Waals surface area contributed by atoms with Crippen LogP contribution in [0.15, 0.2) is 21.5 Å². The van der Waals surface area contributed by atoms with E-state index >= 15 is 0 Å². The number of allylic oxidation sites excluding steroid dienone is 4. The zero-order chi connectivity index (χ0) is 6.69. The Labute approximate surface area is 67.8 Å². The monoisotopic (exact) mass is 237 g/mol. The number of halogens is 1. The van der Waals surface area contributed by atoms with Crippen molar-refractivity contribution < 1.29 is 4.84 Å². The topological polar surface area (TPSA) is 35.2 Å². The van der Waals surface area contributed by atoms with E-state index in [1.165, 1.54) is 3.58 Å². The lowest BCUT2D eigenvalue weighted by molar-refractivity contribution is 0.209. The summed E-state index contributed by atoms with van der Waals surface area (Å²) in [4.78, 5) is 4.55. The van der Waals surface area contributed by atoms with Crippen LogP contribution >= 0.6 is 22.6 Å². The highest BCUT2D eigenvalue weighted by Gasteiger charge is 2.02. The van der Waals surface area contributed by atoms with Crippen LogP contribution in [0.2, 0.25) is 0 Å². The van der Waals surface area contributed by atoms with Gasteiger partial charge in [-0.3, -0.25) is 0 Å². The maximum Gasteiger partial charge on any atom is 0.124 e. The van der Waals surface area contributed by atoms with Gasteiger partial charge in [0.2, 0.25) is 0 Å². The van der Waals surface area contributed by atoms with Crippen LogP contribution in [-0.2, 0) is 4.84 Å². The van der Waals surface area contributed by atoms with E-state index in [-0.39, 0.29) is 0 Å². The molecule has 2 N–H and O–H groups in total. The van der Waals surface area contributed by atoms with Crippen molar-refractivity contribution in [3.05, 3.63) is 21.5 Å². The molecule has 0 aliphatic heterocycles. The van der Waals surface area contributed by atoms with Gasteiger partial charge < -0.3 is 4.84 Å². The third-order valence-electron chi connectivity index (χ3n) is 1.21. The smallest absolute Gasteiger partial charge is 0.124 e. The molecular formula is C6H8INO. The van der Waals surface area contributed by atoms with Gasteiger partial charge in [-0.25, -0.2) is 0 Å². The molecule has 9 heavy (non-hydrogen) atoms. The second-order valence-corrected chi connectivity index (χ2v) is 3.25. The molecule has 0 aromatic heterocycles. The first-order valence-corrected chi connectivity index (χ1v) is 3.83. The number of hydrogen-bond donors (Lipinski definition) is 1. The van der Waals surface area contributed by atoms with Crippen LogP contribution in [-0.4, -0.2) is 0 Å². The molecule has 0 bridgehead atoms. The molecule has 0 heterocycles. The molecule has 1 aliphatic carbocycles. The number of nitrogens with two attached hydrogens (primary N) is 1. The molecule has 1 aliphatic rings. The van der Waals surface area contributed by atoms with Crippen LogP contribution < -0.4 is 5.90 Å². The summed E-state index contributed by atoms with van der Waals surface area (Å²) in [6.07, 6.45) is 5.92. The molecule has 0 unspecified atom stereocenters. The largest absolute Gasteiger partial charge is 0.416 e. The molecule has 0 saturated heterocycles. The van der Waals surface area contributed by atoms with Crippen molar-refractivity contribution in [3.8, 4) is 0 Å². The molecule has 0 atom stereocenters. The standard InChI is InChI=1S/C6H8INO/c7-5-1-3-6(9-8)4-2-5/h1,3H,2,4,8H2. The van der Waals surface area contributed by atoms with E-state index in [0.29, 0.717) is 0 Å². The predicted octanol–water partition coefficient (Wildman–Crippen LogP) is 1.87. The van der Waals surface area contributed by atoms with Gasteiger partial charge >= 0.3 is 0 Å². The molecule has 0 aromatic rings. The second-order valence-electron chi connectivity index (χ2n) is 1.86. The van der Waals surface area contributed by atoms with Crippen LogP contribution in [0.3, 0.4) is 0 Å². The van der Waals surface area contributed by atoms with Gasteiger partial charge in [-0.15, -0.1) is 0 Å². The summed E-state index contributed by atoms with van der Waals surface area (Å²) in [6, 6.07) is 0. The summed E-state index contributed by atoms with van der Waals surface area (Å²) in [5, 5.41) is 0. The molecule has 0 aromatic carbocycles. The lowest BCUT2D eigenvalue weighted by atomic mass is 10.2. The van der Waals surface area contributed by atoms with Crippen molar-refractivity contribution in [2.45, 2.75) is 12.8 Å². The van der Waals surface area contributed by atoms with E-state index < -0.39 is 0 Å². The molecular weight excluding hydrogens is 229 g/mol. The van der Waals surface area contributed by atoms with Gasteiger partial charge in [-0.1, -0.05) is 0 Å². The van der Waals surface area contributed by atoms with Gasteiger partial charge in [0.1, 0.15) is 5.76 Å². The normalized spacial score (nSPS) is 18.4. The lowest BCUT2D eigenvalue weighted by Gasteiger charge is -2.07. The van der Waals surface area contributed by atoms with Gasteiger partial charge in [0.25, 0.3) is 0 Å². The van der Waals surface area contributed by atoms with E-state index in [1.54, 1.807) is 0 Å². The van der Waals surface area contributed by atoms with E-state index in [9.17, 15) is 0 Å². The summed E-state index contributed by atoms with van der Waals surface area (Å²) in [7, 11) is 0. The first kappa shape index (κ1) is 7.08. The van der Waals surface area contributed by atoms with Crippen molar-refractivity contribution >= 4 is 22.6 Å². The SMILES string of the molecule is NOC1=CC=C(I)CC1. The highest BCUT2D eigenvalue weighted by Crippen LogP contribution is 2.22. The fourth-order valence-electron chi connectivity index (χ4n) is 0.691. The molecule has 50 valence electrons. The Morgan fingerprint density at radius 2 is 2.22 bits per heavy atom. The summed E-state index contributed by atoms with van der Waals surface area (Å²) in [6.45, 7) is 0. The highest BCUT2D eigenvalue weighted by atomic mass is 127. The summed E-state index contributed by atoms with van der Waals surface area (Å²) in [5.74, 6) is 5.82. The molecule has 0 spiro atoms. The Hall–Kier alpha value is -0.0300. The zero-order valence-electron chi connectivity index (χ0n) is 4.93. The third-order valence-corrected chi connectivity index (χ3v) is 2.11. The third kappa shape index (κ3) is 1.98. The minimum Gasteiger partial charge on any atom is -0.416 e. The van der Waals surface area contributed by atoms with Crippen LogP contribution in [0.5, 0.6) is 0 Å². The number of rotatable bonds is 1. The average molecular weight is 237 g/mol. The maximum absolute atomic E-state index is 4.95. The summed E-state index contributed by atoms with van der Waals surface area (Å²) in [5.41, 5.74) is 0. The number of hydrogen-bond acceptors (Lipinski definition) is 2. The van der Waals surface area contributed by atoms with Gasteiger partial charge in [-0.05, 0) is 44.7 Å². The van der Waals surface area contributed by atoms with Crippen LogP contribution in [0.4, 0.5) is 0 Å². The second kappa shape index (κ2) is 3.22. The fraction of sp³-hybridized carbons (Fsp3) is 0.333. The van der Waals surface area contributed by atoms with Crippen molar-refractivity contribution in [1.82, 2.24) is 0 Å². The molecule has 0 saturated carbocycles. The maximum atomic E-state index is 4.95. The molecule has 1 rings (SSSR count). The summed E-state index contributed by atoms with van der Waals surface area (Å²) < 4.78 is 1.36. The van der Waals surface area contributed by atoms with E-state index in [2.05, 4.69) is 27.4 Å². The van der Waals surface area contributed by atoms with Crippen molar-refractivity contribution in [2.75, 3.05) is 0 Å². The van der Waals surface area contributed by atoms with Crippen LogP contribution in [0.1, 0.15) is 12.8 Å². The zero-order valence-corrected chi connectivity index (χ0v) is 7.09. The van der Waals surface area contributed by atoms with Gasteiger partial charge in [0, 0.05) is 6.42 Å². The first-order valence-electron chi connectivity index (χ1n) is 2.75. The van der Waals surface area contributed by atoms with Crippen molar-refractivity contribution in [2.24, 2.45) is 5.90 Å². The lowest BCUT2D eigenvalue weighted by Crippen LogP contribution is -2.00. The highest BCUT2D eigenvalue weighted by molar-refractivity contribution is 14.1. The van der Waals surface area contributed by atoms with Gasteiger partial charge in [0.05, 0.1) is 0 Å². The molecule has 0 amide bonds. The Kier molecular flexibility index (Phi) is 2.53. The Morgan fingerprint density at radius 3 is 2.67 bits per heavy atom. The first-order chi connectivity index (χ1) is 4.33. The van der Waals surface area contributed by atoms with Gasteiger partial charge in [-0.2, -0.15) is 5.90 Å². The van der Waals surface area contributed by atoms with Crippen LogP contribution in [0.25, 0.3) is 0 Å². The molecule has 3 heteroatoms. The van der Waals surface area contributed by atoms with Crippen molar-refractivity contribution in [1.29, 1.82) is 0 Å². The van der Waals surface area contributed by atoms with Crippen LogP contribution in [0, 0.1) is 0 Å². The predicted molar refractivity (Wildman–Crippen MR) is 44.7 cm³/mol. The minimum atomic E-state index is 0.871. The van der Waals surface area contributed by atoms with E-state index in [4.69, 9.17) is 5.90 Å². The van der Waals surface area contributed by atoms with Gasteiger partial charge in [0.15, 0.2) is 0 Å². The molecule has 0 fully saturated rings. The summed E-state index contributed by atoms with van der Waals surface area (Å²) >= 11 is 2.30. The Morgan fingerprint density at radius 1 is 1.44 bits per heavy atom. The van der Waals surface area contributed by atoms with E-state index in [1.807, 2.05) is 12.2 Å². The average Bonchev–Trinajstić information content (AvgIpc) is 1.90. The quantitative estimate of drug-likeness (QED) is 0.558. The minimum absolute atomic E-state index is 0.871.